The number of carbonyl (C=O) groups is 1. The van der Waals surface area contributed by atoms with Crippen molar-refractivity contribution in [2.75, 3.05) is 28.8 Å². The van der Waals surface area contributed by atoms with Gasteiger partial charge in [0.15, 0.2) is 0 Å². The Hall–Kier alpha value is -3.03. The Morgan fingerprint density at radius 3 is 2.32 bits per heavy atom. The van der Waals surface area contributed by atoms with E-state index >= 15 is 0 Å². The van der Waals surface area contributed by atoms with Crippen LogP contribution in [0.2, 0.25) is 5.02 Å². The highest BCUT2D eigenvalue weighted by atomic mass is 35.5. The molecular formula is C29H34ClN3O3S. The van der Waals surface area contributed by atoms with Gasteiger partial charge in [0, 0.05) is 23.8 Å². The number of hydrogen-bond donors (Lipinski definition) is 1. The van der Waals surface area contributed by atoms with Gasteiger partial charge in [0.05, 0.1) is 16.6 Å². The third-order valence-corrected chi connectivity index (χ3v) is 8.97. The standard InChI is InChI=1S/C29H34ClN3O3S/c1-21-15-17-32(18-16-21)26-12-9-24(10-13-26)23(3)31-29(34)20-33(28-14-11-25(30)19-22(28)2)37(35,36)27-7-5-4-6-8-27/h4-14,19,21,23H,15-18,20H2,1-3H3,(H,31,34). The Morgan fingerprint density at radius 1 is 1.05 bits per heavy atom. The summed E-state index contributed by atoms with van der Waals surface area (Å²) in [5.41, 5.74) is 3.22. The van der Waals surface area contributed by atoms with Crippen LogP contribution in [-0.4, -0.2) is 34.0 Å². The molecule has 6 nitrogen and oxygen atoms in total. The average Bonchev–Trinajstić information content (AvgIpc) is 2.89. The highest BCUT2D eigenvalue weighted by Crippen LogP contribution is 2.29. The van der Waals surface area contributed by atoms with E-state index in [9.17, 15) is 13.2 Å². The number of anilines is 2. The number of nitrogens with one attached hydrogen (secondary N) is 1. The van der Waals surface area contributed by atoms with Crippen LogP contribution in [0.1, 0.15) is 43.9 Å². The summed E-state index contributed by atoms with van der Waals surface area (Å²) < 4.78 is 28.3. The van der Waals surface area contributed by atoms with Gasteiger partial charge >= 0.3 is 0 Å². The number of carbonyl (C=O) groups excluding carboxylic acids is 1. The first-order valence-corrected chi connectivity index (χ1v) is 14.4. The molecule has 1 unspecified atom stereocenters. The Morgan fingerprint density at radius 2 is 1.70 bits per heavy atom. The molecule has 1 atom stereocenters. The normalized spacial score (nSPS) is 15.3. The van der Waals surface area contributed by atoms with Gasteiger partial charge in [-0.1, -0.05) is 48.9 Å². The van der Waals surface area contributed by atoms with Crippen LogP contribution in [0.4, 0.5) is 11.4 Å². The lowest BCUT2D eigenvalue weighted by molar-refractivity contribution is -0.120. The quantitative estimate of drug-likeness (QED) is 0.383. The van der Waals surface area contributed by atoms with E-state index in [-0.39, 0.29) is 17.5 Å². The van der Waals surface area contributed by atoms with Crippen LogP contribution in [0.15, 0.2) is 77.7 Å². The molecule has 1 N–H and O–H groups in total. The molecule has 3 aromatic rings. The van der Waals surface area contributed by atoms with Crippen LogP contribution in [0, 0.1) is 12.8 Å². The maximum absolute atomic E-state index is 13.6. The molecule has 0 bridgehead atoms. The first-order chi connectivity index (χ1) is 17.6. The van der Waals surface area contributed by atoms with Crippen molar-refractivity contribution in [1.82, 2.24) is 5.32 Å². The number of aryl methyl sites for hydroxylation is 1. The summed E-state index contributed by atoms with van der Waals surface area (Å²) in [6, 6.07) is 21.0. The largest absolute Gasteiger partial charge is 0.372 e. The molecule has 0 aliphatic carbocycles. The summed E-state index contributed by atoms with van der Waals surface area (Å²) in [6.07, 6.45) is 2.40. The van der Waals surface area contributed by atoms with E-state index in [0.717, 1.165) is 28.9 Å². The maximum atomic E-state index is 13.6. The second-order valence-electron chi connectivity index (χ2n) is 9.81. The van der Waals surface area contributed by atoms with Gasteiger partial charge in [0.1, 0.15) is 6.54 Å². The molecule has 1 saturated heterocycles. The van der Waals surface area contributed by atoms with Crippen molar-refractivity contribution in [3.8, 4) is 0 Å². The molecule has 37 heavy (non-hydrogen) atoms. The molecule has 196 valence electrons. The fourth-order valence-electron chi connectivity index (χ4n) is 4.66. The zero-order chi connectivity index (χ0) is 26.6. The van der Waals surface area contributed by atoms with Crippen molar-refractivity contribution in [3.63, 3.8) is 0 Å². The second-order valence-corrected chi connectivity index (χ2v) is 12.1. The zero-order valence-corrected chi connectivity index (χ0v) is 23.1. The molecule has 8 heteroatoms. The first kappa shape index (κ1) is 27.0. The summed E-state index contributed by atoms with van der Waals surface area (Å²) in [5.74, 6) is 0.378. The van der Waals surface area contributed by atoms with Gasteiger partial charge in [-0.05, 0) is 86.2 Å². The molecule has 1 heterocycles. The lowest BCUT2D eigenvalue weighted by Gasteiger charge is -2.32. The summed E-state index contributed by atoms with van der Waals surface area (Å²) >= 11 is 6.11. The van der Waals surface area contributed by atoms with Crippen LogP contribution in [0.25, 0.3) is 0 Å². The molecular weight excluding hydrogens is 506 g/mol. The highest BCUT2D eigenvalue weighted by Gasteiger charge is 2.28. The van der Waals surface area contributed by atoms with Crippen LogP contribution >= 0.6 is 11.6 Å². The Balaban J connectivity index is 1.50. The number of benzene rings is 3. The fourth-order valence-corrected chi connectivity index (χ4v) is 6.39. The molecule has 1 amide bonds. The fraction of sp³-hybridized carbons (Fsp3) is 0.345. The predicted molar refractivity (Wildman–Crippen MR) is 151 cm³/mol. The Kier molecular flexibility index (Phi) is 8.45. The van der Waals surface area contributed by atoms with Gasteiger partial charge in [-0.25, -0.2) is 8.42 Å². The number of sulfonamides is 1. The molecule has 0 aromatic heterocycles. The van der Waals surface area contributed by atoms with E-state index < -0.39 is 15.9 Å². The molecule has 3 aromatic carbocycles. The van der Waals surface area contributed by atoms with Gasteiger partial charge in [-0.15, -0.1) is 0 Å². The van der Waals surface area contributed by atoms with E-state index in [1.165, 1.54) is 30.7 Å². The van der Waals surface area contributed by atoms with Crippen molar-refractivity contribution in [3.05, 3.63) is 88.9 Å². The summed E-state index contributed by atoms with van der Waals surface area (Å²) in [7, 11) is -3.98. The van der Waals surface area contributed by atoms with Crippen LogP contribution < -0.4 is 14.5 Å². The third kappa shape index (κ3) is 6.46. The Bertz CT molecular complexity index is 1320. The van der Waals surface area contributed by atoms with Gasteiger partial charge in [0.25, 0.3) is 10.0 Å². The van der Waals surface area contributed by atoms with Gasteiger partial charge in [-0.2, -0.15) is 0 Å². The monoisotopic (exact) mass is 539 g/mol. The van der Waals surface area contributed by atoms with Crippen molar-refractivity contribution in [2.24, 2.45) is 5.92 Å². The van der Waals surface area contributed by atoms with E-state index in [2.05, 4.69) is 29.3 Å². The number of piperidine rings is 1. The van der Waals surface area contributed by atoms with Crippen molar-refractivity contribution >= 4 is 38.9 Å². The van der Waals surface area contributed by atoms with Gasteiger partial charge in [-0.3, -0.25) is 9.10 Å². The minimum Gasteiger partial charge on any atom is -0.372 e. The van der Waals surface area contributed by atoms with Crippen molar-refractivity contribution in [1.29, 1.82) is 0 Å². The van der Waals surface area contributed by atoms with Crippen LogP contribution in [-0.2, 0) is 14.8 Å². The molecule has 0 saturated carbocycles. The topological polar surface area (TPSA) is 69.7 Å². The highest BCUT2D eigenvalue weighted by molar-refractivity contribution is 7.92. The van der Waals surface area contributed by atoms with E-state index in [1.54, 1.807) is 43.3 Å². The lowest BCUT2D eigenvalue weighted by Crippen LogP contribution is -2.42. The number of hydrogen-bond acceptors (Lipinski definition) is 4. The first-order valence-electron chi connectivity index (χ1n) is 12.6. The molecule has 0 spiro atoms. The zero-order valence-electron chi connectivity index (χ0n) is 21.5. The summed E-state index contributed by atoms with van der Waals surface area (Å²) in [4.78, 5) is 15.7. The van der Waals surface area contributed by atoms with Crippen molar-refractivity contribution in [2.45, 2.75) is 44.6 Å². The summed E-state index contributed by atoms with van der Waals surface area (Å²) in [5, 5.41) is 3.47. The van der Waals surface area contributed by atoms with E-state index in [1.807, 2.05) is 19.1 Å². The molecule has 1 aliphatic heterocycles. The molecule has 4 rings (SSSR count). The van der Waals surface area contributed by atoms with Crippen LogP contribution in [0.3, 0.4) is 0 Å². The third-order valence-electron chi connectivity index (χ3n) is 6.97. The molecule has 1 aliphatic rings. The molecule has 1 fully saturated rings. The van der Waals surface area contributed by atoms with E-state index in [0.29, 0.717) is 16.3 Å². The number of amides is 1. The second kappa shape index (κ2) is 11.6. The number of halogens is 1. The predicted octanol–water partition coefficient (Wildman–Crippen LogP) is 5.96. The van der Waals surface area contributed by atoms with Crippen molar-refractivity contribution < 1.29 is 13.2 Å². The van der Waals surface area contributed by atoms with Gasteiger partial charge < -0.3 is 10.2 Å². The smallest absolute Gasteiger partial charge is 0.264 e. The number of nitrogens with zero attached hydrogens (tertiary/aromatic N) is 2. The van der Waals surface area contributed by atoms with Crippen LogP contribution in [0.5, 0.6) is 0 Å². The van der Waals surface area contributed by atoms with E-state index in [4.69, 9.17) is 11.6 Å². The Labute approximate surface area is 225 Å². The lowest BCUT2D eigenvalue weighted by atomic mass is 9.98. The number of rotatable bonds is 8. The average molecular weight is 540 g/mol. The maximum Gasteiger partial charge on any atom is 0.264 e. The molecule has 0 radical (unpaired) electrons. The van der Waals surface area contributed by atoms with Gasteiger partial charge in [0.2, 0.25) is 5.91 Å². The minimum absolute atomic E-state index is 0.118. The minimum atomic E-state index is -3.98. The summed E-state index contributed by atoms with van der Waals surface area (Å²) in [6.45, 7) is 7.74. The SMILES string of the molecule is Cc1cc(Cl)ccc1N(CC(=O)NC(C)c1ccc(N2CCC(C)CC2)cc1)S(=O)(=O)c1ccccc1.